The van der Waals surface area contributed by atoms with Gasteiger partial charge in [-0.05, 0) is 0 Å². The van der Waals surface area contributed by atoms with Crippen LogP contribution in [0.25, 0.3) is 0 Å². The van der Waals surface area contributed by atoms with Crippen LogP contribution in [0.1, 0.15) is 6.42 Å². The Morgan fingerprint density at radius 2 is 2.00 bits per heavy atom. The summed E-state index contributed by atoms with van der Waals surface area (Å²) in [6, 6.07) is 0. The van der Waals surface area contributed by atoms with Gasteiger partial charge in [0.1, 0.15) is 13.2 Å². The monoisotopic (exact) mass is 198 g/mol. The zero-order valence-corrected chi connectivity index (χ0v) is 9.16. The molecule has 14 heavy (non-hydrogen) atoms. The van der Waals surface area contributed by atoms with E-state index in [-0.39, 0.29) is 5.97 Å². The topological polar surface area (TPSA) is 26.3 Å². The molecule has 0 spiro atoms. The van der Waals surface area contributed by atoms with Crippen LogP contribution in [0.2, 0.25) is 0 Å². The van der Waals surface area contributed by atoms with Gasteiger partial charge in [-0.2, -0.15) is 0 Å². The number of carbonyl (C=O) groups excluding carboxylic acids is 1. The zero-order chi connectivity index (χ0) is 11.0. The smallest absolute Gasteiger partial charge is 0.330 e. The maximum Gasteiger partial charge on any atom is 0.330 e. The Kier molecular flexibility index (Phi) is 5.88. The number of likely N-dealkylation sites (N-methyl/N-ethyl adjacent to an activating group) is 1. The van der Waals surface area contributed by atoms with Gasteiger partial charge in [0.25, 0.3) is 0 Å². The minimum atomic E-state index is -0.353. The second-order valence-electron chi connectivity index (χ2n) is 3.83. The van der Waals surface area contributed by atoms with Crippen LogP contribution in [0, 0.1) is 0 Å². The molecule has 0 N–H and O–H groups in total. The second kappa shape index (κ2) is 6.38. The number of ether oxygens (including phenoxy) is 1. The number of quaternary nitrogens is 1. The number of rotatable bonds is 7. The fraction of sp³-hybridized carbons (Fsp3) is 0.545. The SMILES string of the molecule is C=CCC[N+](C)(C)CCOC(=O)C=C. The van der Waals surface area contributed by atoms with Crippen LogP contribution in [-0.4, -0.2) is 44.2 Å². The fourth-order valence-corrected chi connectivity index (χ4v) is 1.00. The number of carbonyl (C=O) groups is 1. The van der Waals surface area contributed by atoms with Gasteiger partial charge in [-0.25, -0.2) is 4.79 Å². The molecule has 0 rings (SSSR count). The van der Waals surface area contributed by atoms with Crippen LogP contribution in [0.3, 0.4) is 0 Å². The van der Waals surface area contributed by atoms with E-state index in [2.05, 4.69) is 27.3 Å². The third kappa shape index (κ3) is 6.43. The average molecular weight is 198 g/mol. The van der Waals surface area contributed by atoms with Crippen molar-refractivity contribution in [1.82, 2.24) is 0 Å². The summed E-state index contributed by atoms with van der Waals surface area (Å²) in [6.45, 7) is 9.27. The summed E-state index contributed by atoms with van der Waals surface area (Å²) >= 11 is 0. The Labute approximate surface area is 86.3 Å². The molecule has 0 unspecified atom stereocenters. The van der Waals surface area contributed by atoms with Gasteiger partial charge in [-0.3, -0.25) is 0 Å². The molecule has 0 aliphatic carbocycles. The molecular weight excluding hydrogens is 178 g/mol. The molecule has 0 aromatic heterocycles. The maximum atomic E-state index is 10.7. The Morgan fingerprint density at radius 1 is 1.36 bits per heavy atom. The standard InChI is InChI=1S/C11H20NO2/c1-5-7-8-12(3,4)9-10-14-11(13)6-2/h5-6H,1-2,7-10H2,3-4H3/q+1. The summed E-state index contributed by atoms with van der Waals surface area (Å²) in [5.74, 6) is -0.353. The molecule has 0 atom stereocenters. The van der Waals surface area contributed by atoms with Crippen molar-refractivity contribution in [2.75, 3.05) is 33.8 Å². The van der Waals surface area contributed by atoms with Gasteiger partial charge in [0, 0.05) is 12.5 Å². The molecule has 0 saturated heterocycles. The van der Waals surface area contributed by atoms with Crippen molar-refractivity contribution in [1.29, 1.82) is 0 Å². The van der Waals surface area contributed by atoms with Crippen LogP contribution in [-0.2, 0) is 9.53 Å². The summed E-state index contributed by atoms with van der Waals surface area (Å²) in [5.41, 5.74) is 0. The van der Waals surface area contributed by atoms with E-state index in [0.717, 1.165) is 24.0 Å². The normalized spacial score (nSPS) is 10.7. The highest BCUT2D eigenvalue weighted by Crippen LogP contribution is 1.99. The lowest BCUT2D eigenvalue weighted by Gasteiger charge is -2.28. The Morgan fingerprint density at radius 3 is 2.50 bits per heavy atom. The van der Waals surface area contributed by atoms with Gasteiger partial charge in [0.2, 0.25) is 0 Å². The lowest BCUT2D eigenvalue weighted by molar-refractivity contribution is -0.890. The van der Waals surface area contributed by atoms with Crippen LogP contribution < -0.4 is 0 Å². The molecule has 3 heteroatoms. The van der Waals surface area contributed by atoms with Crippen molar-refractivity contribution in [3.63, 3.8) is 0 Å². The van der Waals surface area contributed by atoms with Gasteiger partial charge in [0.15, 0.2) is 0 Å². The molecule has 0 amide bonds. The van der Waals surface area contributed by atoms with E-state index in [0.29, 0.717) is 6.61 Å². The average Bonchev–Trinajstić information content (AvgIpc) is 2.14. The van der Waals surface area contributed by atoms with Crippen molar-refractivity contribution in [2.24, 2.45) is 0 Å². The Balaban J connectivity index is 3.69. The van der Waals surface area contributed by atoms with E-state index in [4.69, 9.17) is 4.74 Å². The molecule has 0 aromatic rings. The van der Waals surface area contributed by atoms with Gasteiger partial charge in [-0.15, -0.1) is 6.58 Å². The molecule has 0 fully saturated rings. The van der Waals surface area contributed by atoms with Crippen molar-refractivity contribution in [3.8, 4) is 0 Å². The first-order chi connectivity index (χ1) is 6.52. The lowest BCUT2D eigenvalue weighted by atomic mass is 10.3. The third-order valence-corrected chi connectivity index (χ3v) is 2.05. The summed E-state index contributed by atoms with van der Waals surface area (Å²) in [5, 5.41) is 0. The summed E-state index contributed by atoms with van der Waals surface area (Å²) in [6.07, 6.45) is 4.06. The summed E-state index contributed by atoms with van der Waals surface area (Å²) in [7, 11) is 4.20. The predicted octanol–water partition coefficient (Wildman–Crippen LogP) is 1.37. The third-order valence-electron chi connectivity index (χ3n) is 2.05. The first-order valence-electron chi connectivity index (χ1n) is 4.74. The number of esters is 1. The van der Waals surface area contributed by atoms with Gasteiger partial charge in [-0.1, -0.05) is 12.7 Å². The van der Waals surface area contributed by atoms with Crippen LogP contribution in [0.4, 0.5) is 0 Å². The van der Waals surface area contributed by atoms with Crippen LogP contribution in [0.5, 0.6) is 0 Å². The lowest BCUT2D eigenvalue weighted by Crippen LogP contribution is -2.43. The van der Waals surface area contributed by atoms with E-state index in [1.807, 2.05) is 6.08 Å². The van der Waals surface area contributed by atoms with Gasteiger partial charge < -0.3 is 9.22 Å². The minimum Gasteiger partial charge on any atom is -0.457 e. The van der Waals surface area contributed by atoms with Crippen molar-refractivity contribution in [2.45, 2.75) is 6.42 Å². The molecule has 0 radical (unpaired) electrons. The first kappa shape index (κ1) is 12.9. The highest BCUT2D eigenvalue weighted by Gasteiger charge is 2.13. The van der Waals surface area contributed by atoms with E-state index in [1.54, 1.807) is 0 Å². The van der Waals surface area contributed by atoms with Crippen LogP contribution >= 0.6 is 0 Å². The van der Waals surface area contributed by atoms with Crippen molar-refractivity contribution < 1.29 is 14.0 Å². The van der Waals surface area contributed by atoms with E-state index in [1.165, 1.54) is 6.08 Å². The second-order valence-corrected chi connectivity index (χ2v) is 3.83. The maximum absolute atomic E-state index is 10.7. The van der Waals surface area contributed by atoms with Crippen molar-refractivity contribution in [3.05, 3.63) is 25.3 Å². The molecular formula is C11H20NO2+. The minimum absolute atomic E-state index is 0.353. The quantitative estimate of drug-likeness (QED) is 0.267. The molecule has 0 aliphatic rings. The van der Waals surface area contributed by atoms with E-state index in [9.17, 15) is 4.79 Å². The predicted molar refractivity (Wildman–Crippen MR) is 57.8 cm³/mol. The van der Waals surface area contributed by atoms with Gasteiger partial charge in [0.05, 0.1) is 20.6 Å². The molecule has 0 bridgehead atoms. The fourth-order valence-electron chi connectivity index (χ4n) is 1.00. The largest absolute Gasteiger partial charge is 0.457 e. The highest BCUT2D eigenvalue weighted by molar-refractivity contribution is 5.81. The molecule has 3 nitrogen and oxygen atoms in total. The summed E-state index contributed by atoms with van der Waals surface area (Å²) < 4.78 is 5.74. The first-order valence-corrected chi connectivity index (χ1v) is 4.74. The molecule has 0 aliphatic heterocycles. The molecule has 80 valence electrons. The molecule has 0 heterocycles. The molecule has 0 aromatic carbocycles. The van der Waals surface area contributed by atoms with Gasteiger partial charge >= 0.3 is 5.97 Å². The van der Waals surface area contributed by atoms with Crippen molar-refractivity contribution >= 4 is 5.97 Å². The zero-order valence-electron chi connectivity index (χ0n) is 9.16. The number of nitrogens with zero attached hydrogens (tertiary/aromatic N) is 1. The Hall–Kier alpha value is -1.09. The van der Waals surface area contributed by atoms with E-state index >= 15 is 0 Å². The van der Waals surface area contributed by atoms with E-state index < -0.39 is 0 Å². The molecule has 0 saturated carbocycles. The highest BCUT2D eigenvalue weighted by atomic mass is 16.5. The number of hydrogen-bond donors (Lipinski definition) is 0. The van der Waals surface area contributed by atoms with Crippen LogP contribution in [0.15, 0.2) is 25.3 Å². The Bertz CT molecular complexity index is 209. The number of hydrogen-bond acceptors (Lipinski definition) is 2. The summed E-state index contributed by atoms with van der Waals surface area (Å²) in [4.78, 5) is 10.7.